The number of hydrogen-bond donors (Lipinski definition) is 1. The van der Waals surface area contributed by atoms with Gasteiger partial charge in [-0.2, -0.15) is 0 Å². The molecule has 4 heteroatoms. The molecule has 98 valence electrons. The Kier molecular flexibility index (Phi) is 4.48. The third kappa shape index (κ3) is 3.87. The molecule has 0 aliphatic heterocycles. The van der Waals surface area contributed by atoms with Crippen LogP contribution in [0.1, 0.15) is 27.2 Å². The van der Waals surface area contributed by atoms with Crippen molar-refractivity contribution in [3.05, 3.63) is 24.3 Å². The molecule has 0 aliphatic carbocycles. The maximum atomic E-state index is 11.8. The van der Waals surface area contributed by atoms with Gasteiger partial charge in [0, 0.05) is 5.41 Å². The third-order valence-corrected chi connectivity index (χ3v) is 2.54. The number of rotatable bonds is 4. The summed E-state index contributed by atoms with van der Waals surface area (Å²) in [4.78, 5) is 23.5. The van der Waals surface area contributed by atoms with E-state index in [2.05, 4.69) is 5.32 Å². The second kappa shape index (κ2) is 5.67. The van der Waals surface area contributed by atoms with Crippen LogP contribution in [0.3, 0.4) is 0 Å². The zero-order valence-corrected chi connectivity index (χ0v) is 11.2. The number of amides is 1. The maximum Gasteiger partial charge on any atom is 0.231 e. The molecule has 1 rings (SSSR count). The lowest BCUT2D eigenvalue weighted by Gasteiger charge is -2.16. The minimum absolute atomic E-state index is 0.0881. The highest BCUT2D eigenvalue weighted by molar-refractivity contribution is 6.06. The van der Waals surface area contributed by atoms with E-state index in [1.54, 1.807) is 39.0 Å². The summed E-state index contributed by atoms with van der Waals surface area (Å²) in [6.45, 7) is 5.39. The standard InChI is InChI=1S/C14H19NO3/c1-14(2,3)12(16)9-13(17)15-10-7-5-6-8-11(10)18-4/h5-8H,9H2,1-4H3,(H,15,17). The van der Waals surface area contributed by atoms with Crippen molar-refractivity contribution in [3.8, 4) is 5.75 Å². The van der Waals surface area contributed by atoms with E-state index in [1.807, 2.05) is 6.07 Å². The van der Waals surface area contributed by atoms with E-state index in [9.17, 15) is 9.59 Å². The Morgan fingerprint density at radius 1 is 1.22 bits per heavy atom. The van der Waals surface area contributed by atoms with Crippen molar-refractivity contribution < 1.29 is 14.3 Å². The quantitative estimate of drug-likeness (QED) is 0.834. The van der Waals surface area contributed by atoms with Crippen LogP contribution in [-0.4, -0.2) is 18.8 Å². The fraction of sp³-hybridized carbons (Fsp3) is 0.429. The van der Waals surface area contributed by atoms with Gasteiger partial charge in [-0.05, 0) is 12.1 Å². The lowest BCUT2D eigenvalue weighted by atomic mass is 9.89. The average molecular weight is 249 g/mol. The molecule has 1 amide bonds. The number of benzene rings is 1. The van der Waals surface area contributed by atoms with Crippen LogP contribution < -0.4 is 10.1 Å². The molecular weight excluding hydrogens is 230 g/mol. The number of anilines is 1. The van der Waals surface area contributed by atoms with Gasteiger partial charge in [0.15, 0.2) is 0 Å². The summed E-state index contributed by atoms with van der Waals surface area (Å²) in [6, 6.07) is 7.10. The van der Waals surface area contributed by atoms with E-state index in [1.165, 1.54) is 7.11 Å². The smallest absolute Gasteiger partial charge is 0.231 e. The Bertz CT molecular complexity index is 447. The van der Waals surface area contributed by atoms with Crippen LogP contribution in [0.5, 0.6) is 5.75 Å². The van der Waals surface area contributed by atoms with Gasteiger partial charge in [0.05, 0.1) is 19.2 Å². The van der Waals surface area contributed by atoms with Crippen molar-refractivity contribution in [3.63, 3.8) is 0 Å². The first kappa shape index (κ1) is 14.2. The van der Waals surface area contributed by atoms with Crippen molar-refractivity contribution in [2.24, 2.45) is 5.41 Å². The van der Waals surface area contributed by atoms with Crippen LogP contribution in [0.2, 0.25) is 0 Å². The summed E-state index contributed by atoms with van der Waals surface area (Å²) in [6.07, 6.45) is -0.123. The van der Waals surface area contributed by atoms with Crippen LogP contribution in [0.4, 0.5) is 5.69 Å². The molecule has 0 saturated heterocycles. The molecule has 0 bridgehead atoms. The molecule has 0 fully saturated rings. The molecular formula is C14H19NO3. The molecule has 4 nitrogen and oxygen atoms in total. The van der Waals surface area contributed by atoms with E-state index in [4.69, 9.17) is 4.74 Å². The highest BCUT2D eigenvalue weighted by Crippen LogP contribution is 2.24. The van der Waals surface area contributed by atoms with Gasteiger partial charge in [-0.1, -0.05) is 32.9 Å². The van der Waals surface area contributed by atoms with Crippen molar-refractivity contribution in [2.45, 2.75) is 27.2 Å². The molecule has 0 unspecified atom stereocenters. The lowest BCUT2D eigenvalue weighted by molar-refractivity contribution is -0.130. The van der Waals surface area contributed by atoms with Gasteiger partial charge in [0.1, 0.15) is 11.5 Å². The summed E-state index contributed by atoms with van der Waals surface area (Å²) in [5.74, 6) is 0.170. The number of ether oxygens (including phenoxy) is 1. The minimum Gasteiger partial charge on any atom is -0.495 e. The lowest BCUT2D eigenvalue weighted by Crippen LogP contribution is -2.26. The average Bonchev–Trinajstić information content (AvgIpc) is 2.28. The first-order chi connectivity index (χ1) is 8.34. The SMILES string of the molecule is COc1ccccc1NC(=O)CC(=O)C(C)(C)C. The molecule has 1 aromatic carbocycles. The largest absolute Gasteiger partial charge is 0.495 e. The van der Waals surface area contributed by atoms with Crippen molar-refractivity contribution in [2.75, 3.05) is 12.4 Å². The predicted octanol–water partition coefficient (Wildman–Crippen LogP) is 2.64. The number of methoxy groups -OCH3 is 1. The minimum atomic E-state index is -0.502. The second-order valence-electron chi connectivity index (χ2n) is 5.10. The number of para-hydroxylation sites is 2. The van der Waals surface area contributed by atoms with Gasteiger partial charge < -0.3 is 10.1 Å². The molecule has 1 N–H and O–H groups in total. The molecule has 0 heterocycles. The molecule has 1 aromatic rings. The highest BCUT2D eigenvalue weighted by atomic mass is 16.5. The van der Waals surface area contributed by atoms with E-state index < -0.39 is 5.41 Å². The van der Waals surface area contributed by atoms with E-state index in [0.717, 1.165) is 0 Å². The Balaban J connectivity index is 2.68. The van der Waals surface area contributed by atoms with E-state index in [0.29, 0.717) is 11.4 Å². The zero-order chi connectivity index (χ0) is 13.8. The van der Waals surface area contributed by atoms with E-state index in [-0.39, 0.29) is 18.1 Å². The fourth-order valence-corrected chi connectivity index (χ4v) is 1.35. The number of carbonyl (C=O) groups excluding carboxylic acids is 2. The van der Waals surface area contributed by atoms with Crippen LogP contribution >= 0.6 is 0 Å². The highest BCUT2D eigenvalue weighted by Gasteiger charge is 2.23. The Hall–Kier alpha value is -1.84. The molecule has 0 atom stereocenters. The number of nitrogens with one attached hydrogen (secondary N) is 1. The van der Waals surface area contributed by atoms with Gasteiger partial charge in [-0.15, -0.1) is 0 Å². The molecule has 18 heavy (non-hydrogen) atoms. The monoisotopic (exact) mass is 249 g/mol. The van der Waals surface area contributed by atoms with Crippen molar-refractivity contribution in [1.82, 2.24) is 0 Å². The fourth-order valence-electron chi connectivity index (χ4n) is 1.35. The molecule has 0 aromatic heterocycles. The van der Waals surface area contributed by atoms with Gasteiger partial charge in [0.2, 0.25) is 5.91 Å². The maximum absolute atomic E-state index is 11.8. The number of hydrogen-bond acceptors (Lipinski definition) is 3. The Morgan fingerprint density at radius 3 is 2.39 bits per heavy atom. The molecule has 0 radical (unpaired) electrons. The van der Waals surface area contributed by atoms with Crippen molar-refractivity contribution >= 4 is 17.4 Å². The Labute approximate surface area is 107 Å². The summed E-state index contributed by atoms with van der Waals surface area (Å²) in [5.41, 5.74) is 0.0738. The molecule has 0 saturated carbocycles. The zero-order valence-electron chi connectivity index (χ0n) is 11.2. The number of Topliss-reactive ketones (excluding diaryl/α,β-unsaturated/α-hetero) is 1. The van der Waals surface area contributed by atoms with Gasteiger partial charge >= 0.3 is 0 Å². The first-order valence-corrected chi connectivity index (χ1v) is 5.81. The summed E-state index contributed by atoms with van der Waals surface area (Å²) in [5, 5.41) is 2.68. The normalized spacial score (nSPS) is 10.9. The first-order valence-electron chi connectivity index (χ1n) is 5.81. The summed E-state index contributed by atoms with van der Waals surface area (Å²) < 4.78 is 5.12. The molecule has 0 spiro atoms. The number of carbonyl (C=O) groups is 2. The van der Waals surface area contributed by atoms with Crippen LogP contribution in [0.15, 0.2) is 24.3 Å². The third-order valence-electron chi connectivity index (χ3n) is 2.54. The van der Waals surface area contributed by atoms with Crippen LogP contribution in [0.25, 0.3) is 0 Å². The predicted molar refractivity (Wildman–Crippen MR) is 70.7 cm³/mol. The Morgan fingerprint density at radius 2 is 1.83 bits per heavy atom. The summed E-state index contributed by atoms with van der Waals surface area (Å²) in [7, 11) is 1.53. The number of ketones is 1. The van der Waals surface area contributed by atoms with Crippen LogP contribution in [0, 0.1) is 5.41 Å². The second-order valence-corrected chi connectivity index (χ2v) is 5.10. The van der Waals surface area contributed by atoms with Gasteiger partial charge in [-0.3, -0.25) is 9.59 Å². The van der Waals surface area contributed by atoms with E-state index >= 15 is 0 Å². The molecule has 0 aliphatic rings. The van der Waals surface area contributed by atoms with Gasteiger partial charge in [0.25, 0.3) is 0 Å². The van der Waals surface area contributed by atoms with Crippen LogP contribution in [-0.2, 0) is 9.59 Å². The van der Waals surface area contributed by atoms with Crippen molar-refractivity contribution in [1.29, 1.82) is 0 Å². The van der Waals surface area contributed by atoms with Gasteiger partial charge in [-0.25, -0.2) is 0 Å². The summed E-state index contributed by atoms with van der Waals surface area (Å²) >= 11 is 0. The topological polar surface area (TPSA) is 55.4 Å².